The number of nitrogens with zero attached hydrogens (tertiary/aromatic N) is 1. The van der Waals surface area contributed by atoms with Crippen LogP contribution in [0, 0.1) is 0 Å². The molecule has 2 rings (SSSR count). The second kappa shape index (κ2) is 4.37. The third kappa shape index (κ3) is 1.79. The molecule has 0 aromatic heterocycles. The Morgan fingerprint density at radius 2 is 2.19 bits per heavy atom. The summed E-state index contributed by atoms with van der Waals surface area (Å²) in [5, 5.41) is 11.7. The highest BCUT2D eigenvalue weighted by Crippen LogP contribution is 2.28. The summed E-state index contributed by atoms with van der Waals surface area (Å²) >= 11 is 0. The lowest BCUT2D eigenvalue weighted by Gasteiger charge is -2.28. The maximum atomic E-state index is 11.7. The van der Waals surface area contributed by atoms with E-state index in [1.807, 2.05) is 12.1 Å². The maximum absolute atomic E-state index is 11.7. The van der Waals surface area contributed by atoms with Gasteiger partial charge < -0.3 is 4.74 Å². The summed E-state index contributed by atoms with van der Waals surface area (Å²) in [6.07, 6.45) is 1.36. The van der Waals surface area contributed by atoms with E-state index < -0.39 is 12.3 Å². The van der Waals surface area contributed by atoms with Gasteiger partial charge in [0, 0.05) is 0 Å². The fraction of sp³-hybridized carbons (Fsp3) is 0.250. The standard InChI is InChI=1S/C12H12NO3/c1-2-16-12(15)13-10-6-4-3-5-9(10)7-8-11(13)14/h3-8,11H,2H2,1H3. The molecule has 1 aliphatic rings. The smallest absolute Gasteiger partial charge is 0.416 e. The number of para-hydroxylation sites is 1. The quantitative estimate of drug-likeness (QED) is 0.726. The number of benzene rings is 1. The highest BCUT2D eigenvalue weighted by molar-refractivity contribution is 5.93. The zero-order chi connectivity index (χ0) is 11.5. The van der Waals surface area contributed by atoms with Crippen molar-refractivity contribution in [3.05, 3.63) is 35.9 Å². The van der Waals surface area contributed by atoms with Crippen LogP contribution in [0.15, 0.2) is 30.3 Å². The molecule has 1 heterocycles. The van der Waals surface area contributed by atoms with E-state index in [-0.39, 0.29) is 6.61 Å². The van der Waals surface area contributed by atoms with E-state index >= 15 is 0 Å². The van der Waals surface area contributed by atoms with E-state index in [0.29, 0.717) is 5.69 Å². The van der Waals surface area contributed by atoms with Crippen LogP contribution in [0.1, 0.15) is 12.5 Å². The van der Waals surface area contributed by atoms with Gasteiger partial charge in [-0.15, -0.1) is 0 Å². The van der Waals surface area contributed by atoms with Crippen LogP contribution >= 0.6 is 0 Å². The van der Waals surface area contributed by atoms with Crippen LogP contribution in [0.4, 0.5) is 10.5 Å². The van der Waals surface area contributed by atoms with Gasteiger partial charge in [0.2, 0.25) is 0 Å². The topological polar surface area (TPSA) is 49.4 Å². The van der Waals surface area contributed by atoms with Crippen molar-refractivity contribution in [2.75, 3.05) is 11.5 Å². The third-order valence-corrected chi connectivity index (χ3v) is 2.36. The summed E-state index contributed by atoms with van der Waals surface area (Å²) in [7, 11) is 0. The Morgan fingerprint density at radius 1 is 1.44 bits per heavy atom. The van der Waals surface area contributed by atoms with Crippen LogP contribution in [0.2, 0.25) is 0 Å². The molecule has 0 spiro atoms. The van der Waals surface area contributed by atoms with Crippen LogP contribution in [0.3, 0.4) is 0 Å². The number of fused-ring (bicyclic) bond motifs is 1. The van der Waals surface area contributed by atoms with Gasteiger partial charge >= 0.3 is 6.09 Å². The second-order valence-corrected chi connectivity index (χ2v) is 3.38. The summed E-state index contributed by atoms with van der Waals surface area (Å²) < 4.78 is 4.86. The molecule has 4 nitrogen and oxygen atoms in total. The van der Waals surface area contributed by atoms with Crippen molar-refractivity contribution in [2.24, 2.45) is 0 Å². The third-order valence-electron chi connectivity index (χ3n) is 2.36. The zero-order valence-electron chi connectivity index (χ0n) is 8.92. The minimum atomic E-state index is -1.21. The largest absolute Gasteiger partial charge is 0.449 e. The maximum Gasteiger partial charge on any atom is 0.416 e. The number of anilines is 1. The Balaban J connectivity index is 2.37. The van der Waals surface area contributed by atoms with Gasteiger partial charge in [0.1, 0.15) is 0 Å². The molecule has 1 aliphatic heterocycles. The number of ether oxygens (including phenoxy) is 1. The predicted octanol–water partition coefficient (Wildman–Crippen LogP) is 2.43. The Hall–Kier alpha value is -1.81. The molecule has 1 radical (unpaired) electrons. The summed E-state index contributed by atoms with van der Waals surface area (Å²) in [5.74, 6) is 0. The lowest BCUT2D eigenvalue weighted by molar-refractivity contribution is 0.104. The van der Waals surface area contributed by atoms with Crippen molar-refractivity contribution in [1.29, 1.82) is 0 Å². The first-order valence-electron chi connectivity index (χ1n) is 5.13. The minimum absolute atomic E-state index is 0.258. The van der Waals surface area contributed by atoms with Gasteiger partial charge in [-0.25, -0.2) is 14.8 Å². The highest BCUT2D eigenvalue weighted by Gasteiger charge is 2.28. The van der Waals surface area contributed by atoms with Gasteiger partial charge in [0.25, 0.3) is 0 Å². The number of hydrogen-bond acceptors (Lipinski definition) is 2. The van der Waals surface area contributed by atoms with Crippen molar-refractivity contribution in [2.45, 2.75) is 13.2 Å². The molecular formula is C12H12NO3. The fourth-order valence-corrected chi connectivity index (χ4v) is 1.65. The Bertz CT molecular complexity index is 428. The number of carbonyl (C=O) groups excluding carboxylic acids is 1. The molecule has 4 heteroatoms. The molecule has 0 bridgehead atoms. The lowest BCUT2D eigenvalue weighted by atomic mass is 10.1. The van der Waals surface area contributed by atoms with Crippen molar-refractivity contribution in [1.82, 2.24) is 0 Å². The highest BCUT2D eigenvalue weighted by atomic mass is 16.6. The first-order valence-corrected chi connectivity index (χ1v) is 5.13. The normalized spacial score (nSPS) is 18.1. The van der Waals surface area contributed by atoms with Gasteiger partial charge in [0.15, 0.2) is 6.23 Å². The van der Waals surface area contributed by atoms with Crippen LogP contribution in [0.25, 0.3) is 6.08 Å². The molecule has 1 aromatic rings. The van der Waals surface area contributed by atoms with Gasteiger partial charge in [-0.2, -0.15) is 0 Å². The van der Waals surface area contributed by atoms with Crippen LogP contribution in [0.5, 0.6) is 0 Å². The average molecular weight is 218 g/mol. The molecule has 1 atom stereocenters. The van der Waals surface area contributed by atoms with Gasteiger partial charge in [-0.05, 0) is 24.6 Å². The SMILES string of the molecule is CCOC(=O)N1c2ccccc2C=CC1[O]. The summed E-state index contributed by atoms with van der Waals surface area (Å²) in [6.45, 7) is 1.97. The van der Waals surface area contributed by atoms with E-state index in [2.05, 4.69) is 0 Å². The molecule has 0 saturated carbocycles. The van der Waals surface area contributed by atoms with Gasteiger partial charge in [0.05, 0.1) is 12.3 Å². The van der Waals surface area contributed by atoms with Crippen LogP contribution in [-0.4, -0.2) is 18.9 Å². The monoisotopic (exact) mass is 218 g/mol. The number of amides is 1. The molecule has 83 valence electrons. The van der Waals surface area contributed by atoms with Gasteiger partial charge in [-0.1, -0.05) is 24.3 Å². The molecule has 0 aliphatic carbocycles. The number of rotatable bonds is 1. The van der Waals surface area contributed by atoms with E-state index in [1.54, 1.807) is 25.1 Å². The molecule has 0 saturated heterocycles. The molecule has 0 fully saturated rings. The Morgan fingerprint density at radius 3 is 2.94 bits per heavy atom. The molecule has 1 unspecified atom stereocenters. The molecule has 16 heavy (non-hydrogen) atoms. The summed E-state index contributed by atoms with van der Waals surface area (Å²) in [5.41, 5.74) is 1.45. The minimum Gasteiger partial charge on any atom is -0.449 e. The number of hydrogen-bond donors (Lipinski definition) is 0. The van der Waals surface area contributed by atoms with E-state index in [9.17, 15) is 9.90 Å². The molecular weight excluding hydrogens is 206 g/mol. The van der Waals surface area contributed by atoms with Crippen molar-refractivity contribution < 1.29 is 14.6 Å². The second-order valence-electron chi connectivity index (χ2n) is 3.38. The molecule has 0 N–H and O–H groups in total. The average Bonchev–Trinajstić information content (AvgIpc) is 2.29. The summed E-state index contributed by atoms with van der Waals surface area (Å²) in [6, 6.07) is 7.24. The van der Waals surface area contributed by atoms with E-state index in [1.165, 1.54) is 6.08 Å². The Kier molecular flexibility index (Phi) is 2.92. The molecule has 1 aromatic carbocycles. The fourth-order valence-electron chi connectivity index (χ4n) is 1.65. The lowest BCUT2D eigenvalue weighted by Crippen LogP contribution is -2.40. The first kappa shape index (κ1) is 10.7. The van der Waals surface area contributed by atoms with Crippen molar-refractivity contribution in [3.63, 3.8) is 0 Å². The van der Waals surface area contributed by atoms with Crippen molar-refractivity contribution >= 4 is 17.9 Å². The zero-order valence-corrected chi connectivity index (χ0v) is 8.92. The number of carbonyl (C=O) groups is 1. The van der Waals surface area contributed by atoms with E-state index in [0.717, 1.165) is 10.5 Å². The molecule has 1 amide bonds. The van der Waals surface area contributed by atoms with Gasteiger partial charge in [-0.3, -0.25) is 0 Å². The van der Waals surface area contributed by atoms with Crippen molar-refractivity contribution in [3.8, 4) is 0 Å². The van der Waals surface area contributed by atoms with Crippen LogP contribution < -0.4 is 4.90 Å². The predicted molar refractivity (Wildman–Crippen MR) is 59.5 cm³/mol. The van der Waals surface area contributed by atoms with Crippen LogP contribution in [-0.2, 0) is 9.84 Å². The first-order chi connectivity index (χ1) is 7.74. The summed E-state index contributed by atoms with van der Waals surface area (Å²) in [4.78, 5) is 12.8. The van der Waals surface area contributed by atoms with E-state index in [4.69, 9.17) is 4.74 Å². The Labute approximate surface area is 93.8 Å².